The Hall–Kier alpha value is -3.08. The summed E-state index contributed by atoms with van der Waals surface area (Å²) >= 11 is 0. The van der Waals surface area contributed by atoms with Crippen LogP contribution in [0.15, 0.2) is 48.8 Å². The molecule has 0 unspecified atom stereocenters. The van der Waals surface area contributed by atoms with Crippen LogP contribution in [0.25, 0.3) is 5.69 Å². The van der Waals surface area contributed by atoms with Crippen molar-refractivity contribution in [2.45, 2.75) is 20.5 Å². The van der Waals surface area contributed by atoms with Gasteiger partial charge in [0.2, 0.25) is 0 Å². The standard InChI is InChI=1S/C19H17N3O2/c1-12-7-8-14(13(2)9-12)21-19(23)18-16-10-24-17-6-4-3-5-15(17)22(16)11-20-18/h3-9,11H,10H2,1-2H3,(H,21,23). The molecule has 1 aromatic heterocycles. The molecule has 0 bridgehead atoms. The van der Waals surface area contributed by atoms with Gasteiger partial charge in [0.15, 0.2) is 5.69 Å². The maximum absolute atomic E-state index is 12.7. The Bertz CT molecular complexity index is 944. The Morgan fingerprint density at radius 2 is 2.04 bits per heavy atom. The molecule has 0 saturated heterocycles. The van der Waals surface area contributed by atoms with Gasteiger partial charge in [0.1, 0.15) is 18.7 Å². The fourth-order valence-corrected chi connectivity index (χ4v) is 2.97. The van der Waals surface area contributed by atoms with E-state index >= 15 is 0 Å². The molecule has 0 saturated carbocycles. The molecular formula is C19H17N3O2. The molecule has 0 fully saturated rings. The van der Waals surface area contributed by atoms with E-state index in [2.05, 4.69) is 10.3 Å². The quantitative estimate of drug-likeness (QED) is 0.784. The zero-order chi connectivity index (χ0) is 16.7. The summed E-state index contributed by atoms with van der Waals surface area (Å²) in [4.78, 5) is 17.0. The summed E-state index contributed by atoms with van der Waals surface area (Å²) in [6.07, 6.45) is 1.67. The van der Waals surface area contributed by atoms with Crippen LogP contribution in [0.1, 0.15) is 27.3 Å². The van der Waals surface area contributed by atoms with Gasteiger partial charge >= 0.3 is 0 Å². The largest absolute Gasteiger partial charge is 0.485 e. The Balaban J connectivity index is 1.67. The van der Waals surface area contributed by atoms with E-state index in [9.17, 15) is 4.79 Å². The first kappa shape index (κ1) is 14.5. The first-order chi connectivity index (χ1) is 11.6. The molecule has 24 heavy (non-hydrogen) atoms. The van der Waals surface area contributed by atoms with Crippen molar-refractivity contribution in [2.75, 3.05) is 5.32 Å². The van der Waals surface area contributed by atoms with Crippen molar-refractivity contribution >= 4 is 11.6 Å². The fraction of sp³-hybridized carbons (Fsp3) is 0.158. The average molecular weight is 319 g/mol. The lowest BCUT2D eigenvalue weighted by molar-refractivity contribution is 0.101. The first-order valence-corrected chi connectivity index (χ1v) is 7.80. The first-order valence-electron chi connectivity index (χ1n) is 7.80. The minimum Gasteiger partial charge on any atom is -0.485 e. The monoisotopic (exact) mass is 319 g/mol. The zero-order valence-electron chi connectivity index (χ0n) is 13.5. The lowest BCUT2D eigenvalue weighted by Gasteiger charge is -2.20. The number of nitrogens with one attached hydrogen (secondary N) is 1. The van der Waals surface area contributed by atoms with E-state index in [0.29, 0.717) is 12.3 Å². The maximum Gasteiger partial charge on any atom is 0.276 e. The topological polar surface area (TPSA) is 56.2 Å². The second-order valence-corrected chi connectivity index (χ2v) is 5.94. The number of aromatic nitrogens is 2. The molecule has 4 rings (SSSR count). The number of para-hydroxylation sites is 2. The summed E-state index contributed by atoms with van der Waals surface area (Å²) in [5.41, 5.74) is 5.04. The molecule has 2 heterocycles. The number of hydrogen-bond donors (Lipinski definition) is 1. The van der Waals surface area contributed by atoms with Gasteiger partial charge in [-0.05, 0) is 37.6 Å². The predicted octanol–water partition coefficient (Wildman–Crippen LogP) is 3.63. The van der Waals surface area contributed by atoms with Crippen LogP contribution < -0.4 is 10.1 Å². The molecule has 3 aromatic rings. The number of nitrogens with zero attached hydrogens (tertiary/aromatic N) is 2. The second-order valence-electron chi connectivity index (χ2n) is 5.94. The number of carbonyl (C=O) groups excluding carboxylic acids is 1. The molecule has 120 valence electrons. The number of aryl methyl sites for hydroxylation is 2. The summed E-state index contributed by atoms with van der Waals surface area (Å²) in [6, 6.07) is 13.7. The van der Waals surface area contributed by atoms with E-state index in [4.69, 9.17) is 4.74 Å². The van der Waals surface area contributed by atoms with Crippen molar-refractivity contribution in [3.05, 3.63) is 71.3 Å². The van der Waals surface area contributed by atoms with E-state index in [1.807, 2.05) is 60.9 Å². The van der Waals surface area contributed by atoms with Crippen LogP contribution in [0, 0.1) is 13.8 Å². The van der Waals surface area contributed by atoms with Crippen molar-refractivity contribution in [1.82, 2.24) is 9.55 Å². The van der Waals surface area contributed by atoms with Crippen LogP contribution in [-0.2, 0) is 6.61 Å². The third-order valence-corrected chi connectivity index (χ3v) is 4.20. The molecule has 2 aromatic carbocycles. The number of imidazole rings is 1. The molecular weight excluding hydrogens is 302 g/mol. The average Bonchev–Trinajstić information content (AvgIpc) is 3.02. The summed E-state index contributed by atoms with van der Waals surface area (Å²) in [5.74, 6) is 0.572. The molecule has 1 amide bonds. The summed E-state index contributed by atoms with van der Waals surface area (Å²) < 4.78 is 7.66. The summed E-state index contributed by atoms with van der Waals surface area (Å²) in [7, 11) is 0. The number of rotatable bonds is 2. The Morgan fingerprint density at radius 3 is 2.88 bits per heavy atom. The number of fused-ring (bicyclic) bond motifs is 3. The zero-order valence-corrected chi connectivity index (χ0v) is 13.5. The number of amides is 1. The van der Waals surface area contributed by atoms with Gasteiger partial charge < -0.3 is 10.1 Å². The van der Waals surface area contributed by atoms with Gasteiger partial charge in [-0.1, -0.05) is 29.8 Å². The fourth-order valence-electron chi connectivity index (χ4n) is 2.97. The van der Waals surface area contributed by atoms with Crippen molar-refractivity contribution in [3.63, 3.8) is 0 Å². The molecule has 0 aliphatic carbocycles. The van der Waals surface area contributed by atoms with Gasteiger partial charge in [-0.2, -0.15) is 0 Å². The van der Waals surface area contributed by atoms with Gasteiger partial charge in [0.25, 0.3) is 5.91 Å². The molecule has 5 heteroatoms. The lowest BCUT2D eigenvalue weighted by atomic mass is 10.1. The van der Waals surface area contributed by atoms with Crippen molar-refractivity contribution < 1.29 is 9.53 Å². The molecule has 1 N–H and O–H groups in total. The Kier molecular flexibility index (Phi) is 3.34. The SMILES string of the molecule is Cc1ccc(NC(=O)c2ncn3c2COc2ccccc2-3)c(C)c1. The third kappa shape index (κ3) is 2.34. The number of hydrogen-bond acceptors (Lipinski definition) is 3. The van der Waals surface area contributed by atoms with Gasteiger partial charge in [0.05, 0.1) is 11.4 Å². The van der Waals surface area contributed by atoms with Gasteiger partial charge in [-0.25, -0.2) is 4.98 Å². The minimum atomic E-state index is -0.223. The number of anilines is 1. The summed E-state index contributed by atoms with van der Waals surface area (Å²) in [5, 5.41) is 2.94. The normalized spacial score (nSPS) is 12.1. The second kappa shape index (κ2) is 5.53. The van der Waals surface area contributed by atoms with Gasteiger partial charge in [0, 0.05) is 5.69 Å². The van der Waals surface area contributed by atoms with E-state index in [1.54, 1.807) is 6.33 Å². The molecule has 1 aliphatic rings. The Morgan fingerprint density at radius 1 is 1.21 bits per heavy atom. The van der Waals surface area contributed by atoms with Crippen molar-refractivity contribution in [3.8, 4) is 11.4 Å². The smallest absolute Gasteiger partial charge is 0.276 e. The third-order valence-electron chi connectivity index (χ3n) is 4.20. The molecule has 0 atom stereocenters. The van der Waals surface area contributed by atoms with Crippen LogP contribution in [0.4, 0.5) is 5.69 Å². The number of benzene rings is 2. The maximum atomic E-state index is 12.7. The van der Waals surface area contributed by atoms with Gasteiger partial charge in [-0.3, -0.25) is 9.36 Å². The van der Waals surface area contributed by atoms with E-state index in [0.717, 1.165) is 33.9 Å². The molecule has 0 radical (unpaired) electrons. The summed E-state index contributed by atoms with van der Waals surface area (Å²) in [6.45, 7) is 4.33. The van der Waals surface area contributed by atoms with Crippen molar-refractivity contribution in [1.29, 1.82) is 0 Å². The van der Waals surface area contributed by atoms with Crippen LogP contribution >= 0.6 is 0 Å². The van der Waals surface area contributed by atoms with Crippen LogP contribution in [0.5, 0.6) is 5.75 Å². The van der Waals surface area contributed by atoms with Crippen LogP contribution in [0.2, 0.25) is 0 Å². The highest BCUT2D eigenvalue weighted by Crippen LogP contribution is 2.30. The lowest BCUT2D eigenvalue weighted by Crippen LogP contribution is -2.19. The number of ether oxygens (including phenoxy) is 1. The van der Waals surface area contributed by atoms with Crippen LogP contribution in [0.3, 0.4) is 0 Å². The minimum absolute atomic E-state index is 0.223. The Labute approximate surface area is 139 Å². The van der Waals surface area contributed by atoms with E-state index < -0.39 is 0 Å². The number of carbonyl (C=O) groups is 1. The van der Waals surface area contributed by atoms with Gasteiger partial charge in [-0.15, -0.1) is 0 Å². The highest BCUT2D eigenvalue weighted by atomic mass is 16.5. The highest BCUT2D eigenvalue weighted by Gasteiger charge is 2.24. The molecule has 5 nitrogen and oxygen atoms in total. The van der Waals surface area contributed by atoms with E-state index in [1.165, 1.54) is 0 Å². The van der Waals surface area contributed by atoms with Crippen molar-refractivity contribution in [2.24, 2.45) is 0 Å². The molecule has 0 spiro atoms. The van der Waals surface area contributed by atoms with E-state index in [-0.39, 0.29) is 5.91 Å². The molecule has 1 aliphatic heterocycles. The predicted molar refractivity (Wildman–Crippen MR) is 91.8 cm³/mol. The highest BCUT2D eigenvalue weighted by molar-refractivity contribution is 6.04. The van der Waals surface area contributed by atoms with Crippen LogP contribution in [-0.4, -0.2) is 15.5 Å².